The number of rotatable bonds is 12. The monoisotopic (exact) mass is 338 g/mol. The van der Waals surface area contributed by atoms with Crippen molar-refractivity contribution in [2.75, 3.05) is 25.4 Å². The van der Waals surface area contributed by atoms with Gasteiger partial charge in [0.2, 0.25) is 22.9 Å². The summed E-state index contributed by atoms with van der Waals surface area (Å²) in [5, 5.41) is 6.10. The second-order valence-corrected chi connectivity index (χ2v) is 5.63. The molecule has 0 spiro atoms. The van der Waals surface area contributed by atoms with Gasteiger partial charge in [0.05, 0.1) is 6.26 Å². The van der Waals surface area contributed by atoms with Crippen LogP contribution in [0.25, 0.3) is 0 Å². The van der Waals surface area contributed by atoms with E-state index in [2.05, 4.69) is 32.2 Å². The fourth-order valence-corrected chi connectivity index (χ4v) is 1.88. The molecule has 10 heteroatoms. The Balaban J connectivity index is 3.58. The molecule has 120 valence electrons. The zero-order valence-electron chi connectivity index (χ0n) is 11.4. The van der Waals surface area contributed by atoms with Crippen LogP contribution in [0.4, 0.5) is 0 Å². The van der Waals surface area contributed by atoms with Gasteiger partial charge < -0.3 is 14.8 Å². The molecule has 0 saturated carbocycles. The summed E-state index contributed by atoms with van der Waals surface area (Å²) in [7, 11) is 0. The lowest BCUT2D eigenvalue weighted by Crippen LogP contribution is -2.33. The Morgan fingerprint density at radius 1 is 1.10 bits per heavy atom. The molecule has 0 bridgehead atoms. The predicted molar refractivity (Wildman–Crippen MR) is 79.2 cm³/mol. The number of amides is 2. The third kappa shape index (κ3) is 12.0. The molecule has 0 fully saturated rings. The van der Waals surface area contributed by atoms with Gasteiger partial charge in [-0.2, -0.15) is 0 Å². The van der Waals surface area contributed by atoms with E-state index >= 15 is 0 Å². The predicted octanol–water partition coefficient (Wildman–Crippen LogP) is -0.743. The van der Waals surface area contributed by atoms with Gasteiger partial charge in [-0.1, -0.05) is 13.2 Å². The van der Waals surface area contributed by atoms with Crippen LogP contribution in [-0.4, -0.2) is 45.7 Å². The highest BCUT2D eigenvalue weighted by Crippen LogP contribution is 1.87. The van der Waals surface area contributed by atoms with Gasteiger partial charge in [0.25, 0.3) is 0 Å². The smallest absolute Gasteiger partial charge is 0.247 e. The first-order valence-corrected chi connectivity index (χ1v) is 8.24. The summed E-state index contributed by atoms with van der Waals surface area (Å²) in [6, 6.07) is 0. The topological polar surface area (TPSA) is 111 Å². The standard InChI is InChI=1S/C11H18N2O6S2/c1-3-18-21(17)9-11(15)13-7-5-6-12-10(14)8-19-20(16)4-2/h3-4H,1-2,5-9H2,(H,12,14)(H,13,15). The van der Waals surface area contributed by atoms with Crippen molar-refractivity contribution in [2.45, 2.75) is 6.42 Å². The molecule has 21 heavy (non-hydrogen) atoms. The van der Waals surface area contributed by atoms with Crippen LogP contribution < -0.4 is 10.6 Å². The maximum absolute atomic E-state index is 11.3. The van der Waals surface area contributed by atoms with Gasteiger partial charge in [-0.25, -0.2) is 8.42 Å². The minimum absolute atomic E-state index is 0.278. The molecular formula is C11H18N2O6S2. The van der Waals surface area contributed by atoms with E-state index in [-0.39, 0.29) is 12.4 Å². The van der Waals surface area contributed by atoms with Gasteiger partial charge in [0.15, 0.2) is 11.1 Å². The maximum atomic E-state index is 11.3. The highest BCUT2D eigenvalue weighted by Gasteiger charge is 2.07. The molecule has 2 unspecified atom stereocenters. The molecule has 0 heterocycles. The quantitative estimate of drug-likeness (QED) is 0.358. The van der Waals surface area contributed by atoms with E-state index in [1.54, 1.807) is 0 Å². The summed E-state index contributed by atoms with van der Waals surface area (Å²) in [4.78, 5) is 22.5. The summed E-state index contributed by atoms with van der Waals surface area (Å²) < 4.78 is 31.0. The van der Waals surface area contributed by atoms with E-state index in [1.807, 2.05) is 0 Å². The fourth-order valence-electron chi connectivity index (χ4n) is 1.02. The van der Waals surface area contributed by atoms with Crippen LogP contribution in [0.2, 0.25) is 0 Å². The van der Waals surface area contributed by atoms with Crippen LogP contribution >= 0.6 is 0 Å². The van der Waals surface area contributed by atoms with Crippen molar-refractivity contribution in [3.63, 3.8) is 0 Å². The van der Waals surface area contributed by atoms with E-state index in [0.717, 1.165) is 11.7 Å². The first kappa shape index (κ1) is 19.5. The van der Waals surface area contributed by atoms with Crippen molar-refractivity contribution >= 4 is 34.0 Å². The molecule has 2 amide bonds. The minimum Gasteiger partial charge on any atom is -0.409 e. The number of hydrogen-bond donors (Lipinski definition) is 2. The summed E-state index contributed by atoms with van der Waals surface area (Å²) in [5.41, 5.74) is 0. The number of hydrogen-bond acceptors (Lipinski definition) is 6. The molecule has 0 radical (unpaired) electrons. The SMILES string of the molecule is C=COS(=O)CC(=O)NCCCNC(=O)COS(=O)C=C. The summed E-state index contributed by atoms with van der Waals surface area (Å²) >= 11 is -3.40. The Morgan fingerprint density at radius 3 is 2.29 bits per heavy atom. The average molecular weight is 338 g/mol. The van der Waals surface area contributed by atoms with Crippen molar-refractivity contribution in [1.29, 1.82) is 0 Å². The number of nitrogens with one attached hydrogen (secondary N) is 2. The lowest BCUT2D eigenvalue weighted by Gasteiger charge is -2.06. The van der Waals surface area contributed by atoms with Gasteiger partial charge in [0.1, 0.15) is 12.4 Å². The second-order valence-electron chi connectivity index (χ2n) is 3.45. The Hall–Kier alpha value is -1.52. The number of carbonyl (C=O) groups excluding carboxylic acids is 2. The Labute approximate surface area is 128 Å². The maximum Gasteiger partial charge on any atom is 0.247 e. The Morgan fingerprint density at radius 2 is 1.71 bits per heavy atom. The molecule has 2 atom stereocenters. The third-order valence-electron chi connectivity index (χ3n) is 1.86. The van der Waals surface area contributed by atoms with E-state index in [1.165, 1.54) is 0 Å². The molecule has 2 N–H and O–H groups in total. The van der Waals surface area contributed by atoms with Gasteiger partial charge in [-0.3, -0.25) is 13.8 Å². The molecule has 0 rings (SSSR count). The fraction of sp³-hybridized carbons (Fsp3) is 0.455. The first-order valence-electron chi connectivity index (χ1n) is 5.85. The second kappa shape index (κ2) is 12.2. The summed E-state index contributed by atoms with van der Waals surface area (Å²) in [6.07, 6.45) is 1.48. The highest BCUT2D eigenvalue weighted by atomic mass is 32.2. The van der Waals surface area contributed by atoms with Crippen molar-refractivity contribution in [2.24, 2.45) is 0 Å². The lowest BCUT2D eigenvalue weighted by molar-refractivity contribution is -0.122. The Kier molecular flexibility index (Phi) is 11.4. The Bertz CT molecular complexity index is 427. The van der Waals surface area contributed by atoms with E-state index in [0.29, 0.717) is 19.5 Å². The molecule has 8 nitrogen and oxygen atoms in total. The van der Waals surface area contributed by atoms with Crippen LogP contribution in [0.1, 0.15) is 6.42 Å². The highest BCUT2D eigenvalue weighted by molar-refractivity contribution is 7.83. The molecule has 0 saturated heterocycles. The van der Waals surface area contributed by atoms with Crippen LogP contribution in [0.15, 0.2) is 24.8 Å². The van der Waals surface area contributed by atoms with Gasteiger partial charge in [0, 0.05) is 18.5 Å². The molecule has 0 aliphatic rings. The molecule has 0 aromatic heterocycles. The van der Waals surface area contributed by atoms with E-state index in [4.69, 9.17) is 0 Å². The summed E-state index contributed by atoms with van der Waals surface area (Å²) in [6.45, 7) is 6.75. The van der Waals surface area contributed by atoms with Crippen molar-refractivity contribution in [3.8, 4) is 0 Å². The molecule has 0 aliphatic heterocycles. The van der Waals surface area contributed by atoms with Crippen molar-refractivity contribution < 1.29 is 26.4 Å². The van der Waals surface area contributed by atoms with Crippen LogP contribution in [-0.2, 0) is 40.1 Å². The lowest BCUT2D eigenvalue weighted by atomic mass is 10.4. The molecule has 0 aromatic rings. The van der Waals surface area contributed by atoms with Crippen LogP contribution in [0.3, 0.4) is 0 Å². The van der Waals surface area contributed by atoms with Gasteiger partial charge >= 0.3 is 0 Å². The summed E-state index contributed by atoms with van der Waals surface area (Å²) in [5.74, 6) is -1.12. The van der Waals surface area contributed by atoms with E-state index in [9.17, 15) is 18.0 Å². The average Bonchev–Trinajstić information content (AvgIpc) is 2.44. The van der Waals surface area contributed by atoms with Crippen molar-refractivity contribution in [3.05, 3.63) is 24.8 Å². The third-order valence-corrected chi connectivity index (χ3v) is 3.34. The van der Waals surface area contributed by atoms with Crippen LogP contribution in [0.5, 0.6) is 0 Å². The van der Waals surface area contributed by atoms with Gasteiger partial charge in [-0.15, -0.1) is 0 Å². The number of carbonyl (C=O) groups is 2. The minimum atomic E-state index is -1.73. The zero-order valence-corrected chi connectivity index (χ0v) is 13.0. The largest absolute Gasteiger partial charge is 0.409 e. The first-order chi connectivity index (χ1) is 9.99. The zero-order chi connectivity index (χ0) is 16.1. The van der Waals surface area contributed by atoms with Gasteiger partial charge in [-0.05, 0) is 6.42 Å². The molecule has 0 aliphatic carbocycles. The normalized spacial score (nSPS) is 12.8. The van der Waals surface area contributed by atoms with E-state index < -0.39 is 34.0 Å². The van der Waals surface area contributed by atoms with Crippen molar-refractivity contribution in [1.82, 2.24) is 10.6 Å². The molecular weight excluding hydrogens is 320 g/mol. The molecule has 0 aromatic carbocycles. The van der Waals surface area contributed by atoms with Crippen LogP contribution in [0, 0.1) is 0 Å².